The molecule has 0 saturated heterocycles. The second-order valence-electron chi connectivity index (χ2n) is 26.2. The van der Waals surface area contributed by atoms with Crippen LogP contribution in [0.1, 0.15) is 284 Å². The molecule has 9 heteroatoms. The lowest BCUT2D eigenvalue weighted by molar-refractivity contribution is -0.870. The first kappa shape index (κ1) is 91.1. The first-order valence-electron chi connectivity index (χ1n) is 38.6. The van der Waals surface area contributed by atoms with Crippen molar-refractivity contribution in [2.45, 2.75) is 296 Å². The van der Waals surface area contributed by atoms with Gasteiger partial charge in [0.1, 0.15) is 13.2 Å². The standard InChI is InChI=1S/C88H141NO8/c1-6-8-10-12-14-16-18-20-22-24-26-28-30-32-34-36-38-40-42-43-45-46-48-50-52-54-56-58-60-62-64-66-68-70-72-74-76-78-85(90)95-82-84(83-96-88(87(92)93)94-81-80-89(3,4)5)97-86(91)79-77-75-73-71-69-67-65-63-61-59-57-55-53-51-49-47-44-41-39-37-35-33-31-29-27-25-23-21-19-17-15-13-11-9-7-2/h8-11,14-17,20-23,26-29,32-35,38-41,43,45,47,49,53,55,59,61,84,88H,6-7,12-13,18-19,24-25,30-31,36-37,42,44,46,48,50-52,54,56-58,60,62-83H2,1-5H3/p+1/b10-8-,11-9-,16-14-,17-15-,22-20-,23-21-,28-26-,29-27-,34-32-,35-33-,40-38-,41-39-,45-43-,49-47-,55-53-,61-59-. The van der Waals surface area contributed by atoms with Gasteiger partial charge in [-0.1, -0.05) is 324 Å². The van der Waals surface area contributed by atoms with E-state index in [0.717, 1.165) is 148 Å². The largest absolute Gasteiger partial charge is 0.477 e. The number of rotatable bonds is 69. The van der Waals surface area contributed by atoms with E-state index in [-0.39, 0.29) is 38.6 Å². The number of carboxylic acids is 1. The lowest BCUT2D eigenvalue weighted by Gasteiger charge is -2.25. The molecule has 0 aromatic carbocycles. The number of hydrogen-bond acceptors (Lipinski definition) is 7. The first-order chi connectivity index (χ1) is 47.6. The molecule has 1 N–H and O–H groups in total. The molecule has 0 aliphatic heterocycles. The maximum absolute atomic E-state index is 13.0. The maximum Gasteiger partial charge on any atom is 0.361 e. The van der Waals surface area contributed by atoms with E-state index in [1.807, 2.05) is 21.1 Å². The molecule has 0 rings (SSSR count). The van der Waals surface area contributed by atoms with Gasteiger partial charge in [-0.2, -0.15) is 0 Å². The topological polar surface area (TPSA) is 108 Å². The van der Waals surface area contributed by atoms with E-state index < -0.39 is 24.3 Å². The van der Waals surface area contributed by atoms with E-state index >= 15 is 0 Å². The summed E-state index contributed by atoms with van der Waals surface area (Å²) in [6.45, 7) is 4.63. The van der Waals surface area contributed by atoms with Gasteiger partial charge >= 0.3 is 17.9 Å². The molecule has 0 spiro atoms. The Bertz CT molecular complexity index is 2310. The maximum atomic E-state index is 13.0. The van der Waals surface area contributed by atoms with Gasteiger partial charge in [0, 0.05) is 12.8 Å². The highest BCUT2D eigenvalue weighted by Gasteiger charge is 2.25. The normalized spacial score (nSPS) is 13.8. The molecule has 97 heavy (non-hydrogen) atoms. The van der Waals surface area contributed by atoms with Crippen molar-refractivity contribution >= 4 is 17.9 Å². The molecule has 0 aromatic rings. The first-order valence-corrected chi connectivity index (χ1v) is 38.6. The lowest BCUT2D eigenvalue weighted by Crippen LogP contribution is -2.40. The van der Waals surface area contributed by atoms with Gasteiger partial charge in [-0.25, -0.2) is 4.79 Å². The van der Waals surface area contributed by atoms with Crippen LogP contribution in [0.5, 0.6) is 0 Å². The number of carbonyl (C=O) groups excluding carboxylic acids is 2. The molecule has 0 amide bonds. The summed E-state index contributed by atoms with van der Waals surface area (Å²) in [5, 5.41) is 9.77. The average Bonchev–Trinajstić information content (AvgIpc) is 3.74. The van der Waals surface area contributed by atoms with E-state index in [4.69, 9.17) is 18.9 Å². The fraction of sp³-hybridized carbons (Fsp3) is 0.602. The number of carbonyl (C=O) groups is 3. The van der Waals surface area contributed by atoms with Crippen molar-refractivity contribution in [2.75, 3.05) is 47.5 Å². The van der Waals surface area contributed by atoms with E-state index in [0.29, 0.717) is 17.4 Å². The molecule has 0 bridgehead atoms. The summed E-state index contributed by atoms with van der Waals surface area (Å²) in [4.78, 5) is 37.7. The molecule has 2 atom stereocenters. The fourth-order valence-electron chi connectivity index (χ4n) is 10.0. The van der Waals surface area contributed by atoms with Crippen molar-refractivity contribution < 1.29 is 42.9 Å². The summed E-state index contributed by atoms with van der Waals surface area (Å²) in [6.07, 6.45) is 114. The highest BCUT2D eigenvalue weighted by molar-refractivity contribution is 5.71. The van der Waals surface area contributed by atoms with Crippen molar-refractivity contribution in [3.8, 4) is 0 Å². The zero-order valence-corrected chi connectivity index (χ0v) is 62.4. The van der Waals surface area contributed by atoms with E-state index in [1.165, 1.54) is 103 Å². The van der Waals surface area contributed by atoms with Crippen molar-refractivity contribution in [1.29, 1.82) is 0 Å². The average molecular weight is 1340 g/mol. The molecule has 0 aliphatic carbocycles. The van der Waals surface area contributed by atoms with Gasteiger partial charge in [-0.3, -0.25) is 9.59 Å². The van der Waals surface area contributed by atoms with Crippen LogP contribution in [0, 0.1) is 0 Å². The fourth-order valence-corrected chi connectivity index (χ4v) is 10.0. The van der Waals surface area contributed by atoms with Crippen LogP contribution < -0.4 is 0 Å². The van der Waals surface area contributed by atoms with Crippen LogP contribution in [0.15, 0.2) is 194 Å². The predicted octanol–water partition coefficient (Wildman–Crippen LogP) is 24.9. The van der Waals surface area contributed by atoms with Gasteiger partial charge < -0.3 is 28.5 Å². The third-order valence-electron chi connectivity index (χ3n) is 15.8. The van der Waals surface area contributed by atoms with Gasteiger partial charge in [-0.15, -0.1) is 0 Å². The number of carboxylic acid groups (broad SMARTS) is 1. The molecule has 0 saturated carbocycles. The SMILES string of the molecule is CC/C=C\C/C=C\C/C=C\C/C=C\C/C=C\C/C=C\C/C=C\C/C=C\C/C=C\CCCCCCCCCC(=O)OC(COC(=O)CCCCCCCCCCCCCCCCC/C=C\C/C=C\C/C=C\C/C=C\C/C=C\C/C=C\C/C=C\CC)COC(OCC[N+](C)(C)C)C(=O)O. The number of aliphatic carboxylic acids is 1. The van der Waals surface area contributed by atoms with Gasteiger partial charge in [0.05, 0.1) is 34.4 Å². The Balaban J connectivity index is 4.15. The number of allylic oxidation sites excluding steroid dienone is 32. The molecule has 0 heterocycles. The second-order valence-corrected chi connectivity index (χ2v) is 26.2. The smallest absolute Gasteiger partial charge is 0.361 e. The highest BCUT2D eigenvalue weighted by atomic mass is 16.7. The molecule has 0 radical (unpaired) electrons. The van der Waals surface area contributed by atoms with Gasteiger partial charge in [-0.05, 0) is 141 Å². The Labute approximate surface area is 595 Å². The number of unbranched alkanes of at least 4 members (excludes halogenated alkanes) is 22. The Morgan fingerprint density at radius 2 is 0.557 bits per heavy atom. The quantitative estimate of drug-likeness (QED) is 0.0211. The minimum atomic E-state index is -1.53. The molecule has 2 unspecified atom stereocenters. The third-order valence-corrected chi connectivity index (χ3v) is 15.8. The van der Waals surface area contributed by atoms with Crippen molar-refractivity contribution in [2.24, 2.45) is 0 Å². The summed E-state index contributed by atoms with van der Waals surface area (Å²) < 4.78 is 23.0. The van der Waals surface area contributed by atoms with Crippen LogP contribution in [0.2, 0.25) is 0 Å². The van der Waals surface area contributed by atoms with E-state index in [2.05, 4.69) is 208 Å². The Hall–Kier alpha value is -5.87. The molecule has 0 aliphatic rings. The monoisotopic (exact) mass is 1340 g/mol. The molecule has 0 aromatic heterocycles. The van der Waals surface area contributed by atoms with E-state index in [1.54, 1.807) is 0 Å². The van der Waals surface area contributed by atoms with Gasteiger partial charge in [0.25, 0.3) is 6.29 Å². The van der Waals surface area contributed by atoms with Crippen molar-refractivity contribution in [1.82, 2.24) is 0 Å². The number of esters is 2. The summed E-state index contributed by atoms with van der Waals surface area (Å²) >= 11 is 0. The zero-order chi connectivity index (χ0) is 70.4. The number of hydrogen-bond donors (Lipinski definition) is 1. The predicted molar refractivity (Wildman–Crippen MR) is 419 cm³/mol. The molecule has 9 nitrogen and oxygen atoms in total. The van der Waals surface area contributed by atoms with Crippen LogP contribution in [0.3, 0.4) is 0 Å². The number of likely N-dealkylation sites (N-methyl/N-ethyl adjacent to an activating group) is 1. The number of ether oxygens (including phenoxy) is 4. The van der Waals surface area contributed by atoms with Gasteiger partial charge in [0.15, 0.2) is 6.10 Å². The molecular formula is C88H142NO8+. The highest BCUT2D eigenvalue weighted by Crippen LogP contribution is 2.17. The van der Waals surface area contributed by atoms with E-state index in [9.17, 15) is 19.5 Å². The Morgan fingerprint density at radius 3 is 0.825 bits per heavy atom. The number of nitrogens with zero attached hydrogens (tertiary/aromatic N) is 1. The molecule has 546 valence electrons. The van der Waals surface area contributed by atoms with Crippen molar-refractivity contribution in [3.63, 3.8) is 0 Å². The molecular weight excluding hydrogens is 1200 g/mol. The minimum absolute atomic E-state index is 0.176. The summed E-state index contributed by atoms with van der Waals surface area (Å²) in [5.74, 6) is -2.03. The van der Waals surface area contributed by atoms with Crippen molar-refractivity contribution in [3.05, 3.63) is 194 Å². The second kappa shape index (κ2) is 75.9. The summed E-state index contributed by atoms with van der Waals surface area (Å²) in [7, 11) is 5.97. The number of quaternary nitrogens is 1. The van der Waals surface area contributed by atoms with Crippen LogP contribution >= 0.6 is 0 Å². The van der Waals surface area contributed by atoms with Crippen LogP contribution in [-0.4, -0.2) is 87.4 Å². The van der Waals surface area contributed by atoms with Crippen LogP contribution in [0.25, 0.3) is 0 Å². The lowest BCUT2D eigenvalue weighted by atomic mass is 10.0. The zero-order valence-electron chi connectivity index (χ0n) is 62.4. The Kier molecular flexibility index (Phi) is 71.3. The van der Waals surface area contributed by atoms with Gasteiger partial charge in [0.2, 0.25) is 0 Å². The van der Waals surface area contributed by atoms with Crippen LogP contribution in [-0.2, 0) is 33.3 Å². The molecule has 0 fully saturated rings. The van der Waals surface area contributed by atoms with Crippen LogP contribution in [0.4, 0.5) is 0 Å². The third kappa shape index (κ3) is 77.4. The summed E-state index contributed by atoms with van der Waals surface area (Å²) in [5.41, 5.74) is 0. The summed E-state index contributed by atoms with van der Waals surface area (Å²) in [6, 6.07) is 0. The minimum Gasteiger partial charge on any atom is -0.477 e. The Morgan fingerprint density at radius 1 is 0.309 bits per heavy atom.